The molecule has 3 N–H and O–H groups in total. The number of anilines is 1. The molecule has 19 heavy (non-hydrogen) atoms. The van der Waals surface area contributed by atoms with Gasteiger partial charge in [0.25, 0.3) is 10.0 Å². The van der Waals surface area contributed by atoms with E-state index in [4.69, 9.17) is 17.3 Å². The average Bonchev–Trinajstić information content (AvgIpc) is 2.73. The molecule has 8 heteroatoms. The first-order chi connectivity index (χ1) is 8.92. The lowest BCUT2D eigenvalue weighted by atomic mass is 10.2. The summed E-state index contributed by atoms with van der Waals surface area (Å²) in [6.07, 6.45) is 1.64. The van der Waals surface area contributed by atoms with Crippen molar-refractivity contribution in [3.63, 3.8) is 0 Å². The maximum absolute atomic E-state index is 12.1. The van der Waals surface area contributed by atoms with Gasteiger partial charge in [0.1, 0.15) is 0 Å². The smallest absolute Gasteiger partial charge is 0.263 e. The predicted octanol–water partition coefficient (Wildman–Crippen LogP) is 1.33. The topological polar surface area (TPSA) is 90.0 Å². The van der Waals surface area contributed by atoms with Crippen LogP contribution in [0.5, 0.6) is 0 Å². The summed E-state index contributed by atoms with van der Waals surface area (Å²) in [7, 11) is -2.00. The van der Waals surface area contributed by atoms with Crippen molar-refractivity contribution in [3.05, 3.63) is 41.0 Å². The molecule has 102 valence electrons. The van der Waals surface area contributed by atoms with Crippen molar-refractivity contribution in [2.45, 2.75) is 11.4 Å². The first kappa shape index (κ1) is 13.9. The third-order valence-corrected chi connectivity index (χ3v) is 4.21. The highest BCUT2D eigenvalue weighted by atomic mass is 35.5. The van der Waals surface area contributed by atoms with Gasteiger partial charge in [-0.1, -0.05) is 17.7 Å². The third kappa shape index (κ3) is 3.06. The molecule has 0 radical (unpaired) electrons. The Morgan fingerprint density at radius 3 is 2.68 bits per heavy atom. The van der Waals surface area contributed by atoms with Gasteiger partial charge >= 0.3 is 0 Å². The number of benzene rings is 1. The summed E-state index contributed by atoms with van der Waals surface area (Å²) >= 11 is 5.95. The van der Waals surface area contributed by atoms with Gasteiger partial charge in [-0.25, -0.2) is 8.42 Å². The third-order valence-electron chi connectivity index (χ3n) is 2.51. The van der Waals surface area contributed by atoms with Gasteiger partial charge in [-0.3, -0.25) is 9.40 Å². The van der Waals surface area contributed by atoms with Crippen LogP contribution >= 0.6 is 11.6 Å². The van der Waals surface area contributed by atoms with Crippen molar-refractivity contribution < 1.29 is 8.42 Å². The second-order valence-electron chi connectivity index (χ2n) is 3.94. The minimum atomic E-state index is -3.70. The Labute approximate surface area is 116 Å². The van der Waals surface area contributed by atoms with E-state index in [1.807, 2.05) is 0 Å². The molecule has 2 rings (SSSR count). The number of aromatic nitrogens is 2. The summed E-state index contributed by atoms with van der Waals surface area (Å²) < 4.78 is 28.1. The number of nitrogens with zero attached hydrogens (tertiary/aromatic N) is 2. The molecule has 0 saturated heterocycles. The van der Waals surface area contributed by atoms with Crippen molar-refractivity contribution in [2.75, 3.05) is 4.72 Å². The highest BCUT2D eigenvalue weighted by molar-refractivity contribution is 7.92. The number of nitrogens with two attached hydrogens (primary N) is 1. The lowest BCUT2D eigenvalue weighted by Gasteiger charge is -2.07. The number of halogens is 1. The predicted molar refractivity (Wildman–Crippen MR) is 73.4 cm³/mol. The summed E-state index contributed by atoms with van der Waals surface area (Å²) in [4.78, 5) is 0.0698. The molecule has 0 aliphatic carbocycles. The molecule has 1 aromatic carbocycles. The van der Waals surface area contributed by atoms with Crippen LogP contribution in [0.4, 0.5) is 5.82 Å². The summed E-state index contributed by atoms with van der Waals surface area (Å²) in [5.74, 6) is 0.251. The lowest BCUT2D eigenvalue weighted by molar-refractivity contribution is 0.601. The Bertz CT molecular complexity index is 696. The molecule has 0 aliphatic heterocycles. The van der Waals surface area contributed by atoms with E-state index in [1.54, 1.807) is 25.4 Å². The molecule has 0 atom stereocenters. The fourth-order valence-electron chi connectivity index (χ4n) is 1.53. The average molecular weight is 301 g/mol. The molecule has 0 amide bonds. The summed E-state index contributed by atoms with van der Waals surface area (Å²) in [6, 6.07) is 5.98. The molecule has 2 aromatic rings. The van der Waals surface area contributed by atoms with E-state index in [1.165, 1.54) is 16.8 Å². The molecule has 6 nitrogen and oxygen atoms in total. The molecule has 0 fully saturated rings. The summed E-state index contributed by atoms with van der Waals surface area (Å²) in [5, 5.41) is 4.28. The SMILES string of the molecule is Cn1ccc(NS(=O)(=O)c2ccc(CN)c(Cl)c2)n1. The zero-order valence-corrected chi connectivity index (χ0v) is 11.7. The van der Waals surface area contributed by atoms with E-state index < -0.39 is 10.0 Å². The maximum Gasteiger partial charge on any atom is 0.263 e. The number of hydrogen-bond acceptors (Lipinski definition) is 4. The highest BCUT2D eigenvalue weighted by Crippen LogP contribution is 2.22. The van der Waals surface area contributed by atoms with Crippen LogP contribution in [0.1, 0.15) is 5.56 Å². The van der Waals surface area contributed by atoms with Crippen molar-refractivity contribution in [1.29, 1.82) is 0 Å². The first-order valence-corrected chi connectivity index (χ1v) is 7.29. The lowest BCUT2D eigenvalue weighted by Crippen LogP contribution is -2.14. The van der Waals surface area contributed by atoms with Gasteiger partial charge in [0.05, 0.1) is 4.90 Å². The van der Waals surface area contributed by atoms with Crippen molar-refractivity contribution in [3.8, 4) is 0 Å². The minimum absolute atomic E-state index is 0.0698. The van der Waals surface area contributed by atoms with E-state index in [-0.39, 0.29) is 17.3 Å². The van der Waals surface area contributed by atoms with Crippen molar-refractivity contribution >= 4 is 27.4 Å². The molecule has 1 aromatic heterocycles. The Morgan fingerprint density at radius 2 is 2.16 bits per heavy atom. The number of aryl methyl sites for hydroxylation is 1. The van der Waals surface area contributed by atoms with Crippen LogP contribution < -0.4 is 10.5 Å². The van der Waals surface area contributed by atoms with Crippen LogP contribution in [0, 0.1) is 0 Å². The van der Waals surface area contributed by atoms with Gasteiger partial charge in [-0.15, -0.1) is 0 Å². The van der Waals surface area contributed by atoms with Crippen LogP contribution in [0.25, 0.3) is 0 Å². The summed E-state index contributed by atoms with van der Waals surface area (Å²) in [6.45, 7) is 0.257. The van der Waals surface area contributed by atoms with E-state index in [9.17, 15) is 8.42 Å². The zero-order valence-electron chi connectivity index (χ0n) is 10.2. The van der Waals surface area contributed by atoms with Crippen LogP contribution in [-0.4, -0.2) is 18.2 Å². The van der Waals surface area contributed by atoms with E-state index in [2.05, 4.69) is 9.82 Å². The number of rotatable bonds is 4. The molecule has 0 bridgehead atoms. The van der Waals surface area contributed by atoms with Gasteiger partial charge in [0, 0.05) is 30.9 Å². The Hall–Kier alpha value is -1.57. The largest absolute Gasteiger partial charge is 0.326 e. The fraction of sp³-hybridized carbons (Fsp3) is 0.182. The fourth-order valence-corrected chi connectivity index (χ4v) is 2.87. The number of hydrogen-bond donors (Lipinski definition) is 2. The van der Waals surface area contributed by atoms with Gasteiger partial charge < -0.3 is 5.73 Å². The van der Waals surface area contributed by atoms with Crippen LogP contribution in [0.3, 0.4) is 0 Å². The van der Waals surface area contributed by atoms with Gasteiger partial charge in [0.15, 0.2) is 5.82 Å². The van der Waals surface area contributed by atoms with Gasteiger partial charge in [0.2, 0.25) is 0 Å². The molecule has 0 unspecified atom stereocenters. The van der Waals surface area contributed by atoms with E-state index in [0.29, 0.717) is 10.6 Å². The van der Waals surface area contributed by atoms with Crippen molar-refractivity contribution in [1.82, 2.24) is 9.78 Å². The van der Waals surface area contributed by atoms with Gasteiger partial charge in [-0.2, -0.15) is 5.10 Å². The van der Waals surface area contributed by atoms with Crippen LogP contribution in [0.2, 0.25) is 5.02 Å². The normalized spacial score (nSPS) is 11.5. The van der Waals surface area contributed by atoms with E-state index >= 15 is 0 Å². The summed E-state index contributed by atoms with van der Waals surface area (Å²) in [5.41, 5.74) is 6.17. The van der Waals surface area contributed by atoms with Gasteiger partial charge in [-0.05, 0) is 17.7 Å². The maximum atomic E-state index is 12.1. The monoisotopic (exact) mass is 300 g/mol. The first-order valence-electron chi connectivity index (χ1n) is 5.43. The Kier molecular flexibility index (Phi) is 3.79. The molecular weight excluding hydrogens is 288 g/mol. The molecule has 0 saturated carbocycles. The van der Waals surface area contributed by atoms with Crippen molar-refractivity contribution in [2.24, 2.45) is 12.8 Å². The Balaban J connectivity index is 2.31. The number of nitrogens with one attached hydrogen (secondary N) is 1. The van der Waals surface area contributed by atoms with Crippen LogP contribution in [-0.2, 0) is 23.6 Å². The van der Waals surface area contributed by atoms with E-state index in [0.717, 1.165) is 0 Å². The highest BCUT2D eigenvalue weighted by Gasteiger charge is 2.16. The molecular formula is C11H13ClN4O2S. The second kappa shape index (κ2) is 5.20. The molecule has 0 aliphatic rings. The Morgan fingerprint density at radius 1 is 1.42 bits per heavy atom. The second-order valence-corrected chi connectivity index (χ2v) is 6.03. The zero-order chi connectivity index (χ0) is 14.0. The quantitative estimate of drug-likeness (QED) is 0.891. The molecule has 0 spiro atoms. The minimum Gasteiger partial charge on any atom is -0.326 e. The standard InChI is InChI=1S/C11H13ClN4O2S/c1-16-5-4-11(14-16)15-19(17,18)9-3-2-8(7-13)10(12)6-9/h2-6H,7,13H2,1H3,(H,14,15). The number of sulfonamides is 1. The van der Waals surface area contributed by atoms with Crippen LogP contribution in [0.15, 0.2) is 35.4 Å². The molecule has 1 heterocycles.